The van der Waals surface area contributed by atoms with Crippen molar-refractivity contribution in [2.45, 2.75) is 70.6 Å². The second kappa shape index (κ2) is 5.35. The summed E-state index contributed by atoms with van der Waals surface area (Å²) in [7, 11) is 0. The highest BCUT2D eigenvalue weighted by Crippen LogP contribution is 2.34. The number of hydrogen-bond acceptors (Lipinski definition) is 3. The van der Waals surface area contributed by atoms with Crippen LogP contribution in [0.3, 0.4) is 0 Å². The summed E-state index contributed by atoms with van der Waals surface area (Å²) in [6.45, 7) is 8.68. The summed E-state index contributed by atoms with van der Waals surface area (Å²) in [5.74, 6) is 0.0295. The summed E-state index contributed by atoms with van der Waals surface area (Å²) >= 11 is 0. The van der Waals surface area contributed by atoms with E-state index in [0.29, 0.717) is 13.2 Å². The third kappa shape index (κ3) is 2.97. The second-order valence-corrected chi connectivity index (χ2v) is 6.91. The first kappa shape index (κ1) is 15.3. The lowest BCUT2D eigenvalue weighted by atomic mass is 9.91. The van der Waals surface area contributed by atoms with E-state index in [1.54, 1.807) is 11.8 Å². The highest BCUT2D eigenvalue weighted by Gasteiger charge is 2.50. The molecule has 1 saturated heterocycles. The molecule has 114 valence electrons. The van der Waals surface area contributed by atoms with Gasteiger partial charge >= 0.3 is 0 Å². The molecule has 1 heterocycles. The molecule has 1 aliphatic carbocycles. The quantitative estimate of drug-likeness (QED) is 0.852. The zero-order valence-corrected chi connectivity index (χ0v) is 13.0. The van der Waals surface area contributed by atoms with Crippen molar-refractivity contribution < 1.29 is 14.3 Å². The Labute approximate surface area is 121 Å². The highest BCUT2D eigenvalue weighted by molar-refractivity contribution is 5.99. The summed E-state index contributed by atoms with van der Waals surface area (Å²) in [6.07, 6.45) is 3.54. The standard InChI is InChI=1S/C15H26N2O3/c1-11-12(18)16-15(7-5-6-8-15)13(19)17(11)9-10-20-14(2,3)4/h11H,5-10H2,1-4H3,(H,16,18). The van der Waals surface area contributed by atoms with Gasteiger partial charge in [-0.05, 0) is 40.5 Å². The predicted molar refractivity (Wildman–Crippen MR) is 76.2 cm³/mol. The minimum Gasteiger partial charge on any atom is -0.374 e. The maximum atomic E-state index is 12.7. The van der Waals surface area contributed by atoms with Crippen molar-refractivity contribution in [3.63, 3.8) is 0 Å². The minimum atomic E-state index is -0.634. The largest absolute Gasteiger partial charge is 0.374 e. The zero-order valence-electron chi connectivity index (χ0n) is 13.0. The first-order valence-electron chi connectivity index (χ1n) is 7.52. The van der Waals surface area contributed by atoms with E-state index in [4.69, 9.17) is 4.74 Å². The Morgan fingerprint density at radius 1 is 1.30 bits per heavy atom. The van der Waals surface area contributed by atoms with Gasteiger partial charge in [0.15, 0.2) is 0 Å². The Morgan fingerprint density at radius 3 is 2.45 bits per heavy atom. The van der Waals surface area contributed by atoms with Crippen LogP contribution in [0.2, 0.25) is 0 Å². The molecular weight excluding hydrogens is 256 g/mol. The lowest BCUT2D eigenvalue weighted by Crippen LogP contribution is -2.69. The Kier molecular flexibility index (Phi) is 4.09. The summed E-state index contributed by atoms with van der Waals surface area (Å²) in [6, 6.07) is -0.405. The Bertz CT molecular complexity index is 394. The van der Waals surface area contributed by atoms with Gasteiger partial charge in [-0.2, -0.15) is 0 Å². The molecule has 0 radical (unpaired) electrons. The van der Waals surface area contributed by atoms with Crippen LogP contribution in [0.4, 0.5) is 0 Å². The molecule has 1 aliphatic heterocycles. The van der Waals surface area contributed by atoms with E-state index in [1.165, 1.54) is 0 Å². The van der Waals surface area contributed by atoms with Crippen LogP contribution < -0.4 is 5.32 Å². The van der Waals surface area contributed by atoms with Crippen LogP contribution in [0.5, 0.6) is 0 Å². The maximum Gasteiger partial charge on any atom is 0.249 e. The molecule has 2 amide bonds. The number of nitrogens with one attached hydrogen (secondary N) is 1. The molecule has 2 aliphatic rings. The van der Waals surface area contributed by atoms with Gasteiger partial charge in [-0.25, -0.2) is 0 Å². The second-order valence-electron chi connectivity index (χ2n) is 6.91. The molecule has 0 bridgehead atoms. The van der Waals surface area contributed by atoms with Crippen molar-refractivity contribution >= 4 is 11.8 Å². The van der Waals surface area contributed by atoms with Crippen molar-refractivity contribution in [3.8, 4) is 0 Å². The Hall–Kier alpha value is -1.10. The third-order valence-corrected chi connectivity index (χ3v) is 4.20. The van der Waals surface area contributed by atoms with Crippen LogP contribution in [0, 0.1) is 0 Å². The van der Waals surface area contributed by atoms with Crippen LogP contribution in [0.25, 0.3) is 0 Å². The average molecular weight is 282 g/mol. The predicted octanol–water partition coefficient (Wildman–Crippen LogP) is 1.46. The van der Waals surface area contributed by atoms with Gasteiger partial charge in [0.2, 0.25) is 11.8 Å². The monoisotopic (exact) mass is 282 g/mol. The van der Waals surface area contributed by atoms with Gasteiger partial charge in [0.05, 0.1) is 12.2 Å². The van der Waals surface area contributed by atoms with Crippen LogP contribution in [0.1, 0.15) is 53.4 Å². The van der Waals surface area contributed by atoms with Crippen LogP contribution in [-0.2, 0) is 14.3 Å². The topological polar surface area (TPSA) is 58.6 Å². The van der Waals surface area contributed by atoms with Crippen LogP contribution in [-0.4, -0.2) is 47.0 Å². The van der Waals surface area contributed by atoms with Gasteiger partial charge < -0.3 is 15.0 Å². The summed E-state index contributed by atoms with van der Waals surface area (Å²) in [5.41, 5.74) is -0.860. The van der Waals surface area contributed by atoms with E-state index < -0.39 is 11.6 Å². The van der Waals surface area contributed by atoms with E-state index in [0.717, 1.165) is 25.7 Å². The van der Waals surface area contributed by atoms with Gasteiger partial charge in [0.1, 0.15) is 11.6 Å². The Balaban J connectivity index is 2.05. The Morgan fingerprint density at radius 2 is 1.90 bits per heavy atom. The number of hydrogen-bond donors (Lipinski definition) is 1. The number of ether oxygens (including phenoxy) is 1. The third-order valence-electron chi connectivity index (χ3n) is 4.20. The molecule has 0 aromatic rings. The van der Waals surface area contributed by atoms with E-state index in [9.17, 15) is 9.59 Å². The molecule has 1 unspecified atom stereocenters. The van der Waals surface area contributed by atoms with Crippen molar-refractivity contribution in [1.29, 1.82) is 0 Å². The number of amides is 2. The van der Waals surface area contributed by atoms with Crippen LogP contribution in [0.15, 0.2) is 0 Å². The van der Waals surface area contributed by atoms with Gasteiger partial charge in [0, 0.05) is 6.54 Å². The maximum absolute atomic E-state index is 12.7. The van der Waals surface area contributed by atoms with E-state index in [2.05, 4.69) is 5.32 Å². The van der Waals surface area contributed by atoms with Crippen LogP contribution >= 0.6 is 0 Å². The first-order chi connectivity index (χ1) is 9.25. The number of rotatable bonds is 3. The fraction of sp³-hybridized carbons (Fsp3) is 0.867. The minimum absolute atomic E-state index is 0.0396. The SMILES string of the molecule is CC1C(=O)NC2(CCCC2)C(=O)N1CCOC(C)(C)C. The summed E-state index contributed by atoms with van der Waals surface area (Å²) in [4.78, 5) is 26.5. The van der Waals surface area contributed by atoms with Crippen molar-refractivity contribution in [3.05, 3.63) is 0 Å². The van der Waals surface area contributed by atoms with Gasteiger partial charge in [0.25, 0.3) is 0 Å². The molecule has 5 nitrogen and oxygen atoms in total. The molecule has 0 aromatic heterocycles. The molecule has 20 heavy (non-hydrogen) atoms. The van der Waals surface area contributed by atoms with Gasteiger partial charge in [-0.1, -0.05) is 12.8 Å². The van der Waals surface area contributed by atoms with E-state index in [-0.39, 0.29) is 17.4 Å². The molecule has 1 spiro atoms. The normalized spacial score (nSPS) is 26.2. The molecule has 5 heteroatoms. The molecule has 2 fully saturated rings. The average Bonchev–Trinajstić information content (AvgIpc) is 2.79. The number of carbonyl (C=O) groups excluding carboxylic acids is 2. The van der Waals surface area contributed by atoms with E-state index in [1.807, 2.05) is 20.8 Å². The highest BCUT2D eigenvalue weighted by atomic mass is 16.5. The molecule has 1 atom stereocenters. The lowest BCUT2D eigenvalue weighted by molar-refractivity contribution is -0.155. The molecule has 1 saturated carbocycles. The smallest absolute Gasteiger partial charge is 0.249 e. The summed E-state index contributed by atoms with van der Waals surface area (Å²) < 4.78 is 5.69. The number of carbonyl (C=O) groups is 2. The molecular formula is C15H26N2O3. The van der Waals surface area contributed by atoms with Crippen molar-refractivity contribution in [1.82, 2.24) is 10.2 Å². The molecule has 0 aromatic carbocycles. The first-order valence-corrected chi connectivity index (χ1v) is 7.52. The lowest BCUT2D eigenvalue weighted by Gasteiger charge is -2.43. The summed E-state index contributed by atoms with van der Waals surface area (Å²) in [5, 5.41) is 2.96. The molecule has 2 rings (SSSR count). The number of piperazine rings is 1. The van der Waals surface area contributed by atoms with Gasteiger partial charge in [-0.15, -0.1) is 0 Å². The van der Waals surface area contributed by atoms with Gasteiger partial charge in [-0.3, -0.25) is 9.59 Å². The van der Waals surface area contributed by atoms with Crippen molar-refractivity contribution in [2.24, 2.45) is 0 Å². The van der Waals surface area contributed by atoms with E-state index >= 15 is 0 Å². The zero-order chi connectivity index (χ0) is 15.0. The number of nitrogens with zero attached hydrogens (tertiary/aromatic N) is 1. The van der Waals surface area contributed by atoms with Crippen molar-refractivity contribution in [2.75, 3.05) is 13.2 Å². The fourth-order valence-corrected chi connectivity index (χ4v) is 3.05. The fourth-order valence-electron chi connectivity index (χ4n) is 3.05. The molecule has 1 N–H and O–H groups in total.